The van der Waals surface area contributed by atoms with E-state index in [-0.39, 0.29) is 15.6 Å². The number of nitrogens with zero attached hydrogens (tertiary/aromatic N) is 2. The molecule has 0 amide bonds. The molecule has 0 aliphatic rings. The van der Waals surface area contributed by atoms with Crippen LogP contribution in [0.3, 0.4) is 0 Å². The molecule has 0 radical (unpaired) electrons. The molecule has 21 heavy (non-hydrogen) atoms. The molecule has 11 heteroatoms. The van der Waals surface area contributed by atoms with Crippen molar-refractivity contribution in [2.24, 2.45) is 5.14 Å². The van der Waals surface area contributed by atoms with Crippen LogP contribution in [0.15, 0.2) is 51.1 Å². The first-order valence-corrected chi connectivity index (χ1v) is 9.14. The maximum absolute atomic E-state index is 12.1. The molecule has 1 aromatic carbocycles. The van der Waals surface area contributed by atoms with Crippen molar-refractivity contribution in [2.75, 3.05) is 4.72 Å². The maximum Gasteiger partial charge on any atom is 0.263 e. The second kappa shape index (κ2) is 5.67. The quantitative estimate of drug-likeness (QED) is 0.786. The van der Waals surface area contributed by atoms with Gasteiger partial charge in [-0.25, -0.2) is 31.9 Å². The van der Waals surface area contributed by atoms with E-state index in [4.69, 9.17) is 5.14 Å². The van der Waals surface area contributed by atoms with Gasteiger partial charge in [-0.1, -0.05) is 6.07 Å². The van der Waals surface area contributed by atoms with Crippen LogP contribution in [0, 0.1) is 0 Å². The van der Waals surface area contributed by atoms with Gasteiger partial charge in [0.2, 0.25) is 10.0 Å². The molecule has 8 nitrogen and oxygen atoms in total. The van der Waals surface area contributed by atoms with Crippen LogP contribution in [0.1, 0.15) is 0 Å². The molecule has 0 saturated carbocycles. The molecule has 2 aromatic rings. The maximum atomic E-state index is 12.1. The summed E-state index contributed by atoms with van der Waals surface area (Å²) in [6, 6.07) is 4.68. The molecule has 2 rings (SSSR count). The van der Waals surface area contributed by atoms with Crippen molar-refractivity contribution in [1.82, 2.24) is 9.97 Å². The molecule has 0 saturated heterocycles. The topological polar surface area (TPSA) is 132 Å². The van der Waals surface area contributed by atoms with Crippen LogP contribution in [-0.4, -0.2) is 26.8 Å². The molecule has 0 unspecified atom stereocenters. The van der Waals surface area contributed by atoms with Crippen molar-refractivity contribution in [1.29, 1.82) is 0 Å². The molecular weight excluding hydrogens is 384 g/mol. The first-order valence-electron chi connectivity index (χ1n) is 5.32. The number of hydrogen-bond acceptors (Lipinski definition) is 6. The fourth-order valence-corrected chi connectivity index (χ4v) is 3.26. The standard InChI is InChI=1S/C10H9BrN4O4S2/c11-9-5-14-10(6-13-9)15-21(18,19)8-3-1-2-7(4-8)20(12,16)17/h1-6H,(H,14,15)(H2,12,16,17). The minimum Gasteiger partial charge on any atom is -0.262 e. The summed E-state index contributed by atoms with van der Waals surface area (Å²) in [5, 5.41) is 4.97. The Morgan fingerprint density at radius 2 is 1.71 bits per heavy atom. The van der Waals surface area contributed by atoms with Crippen LogP contribution < -0.4 is 9.86 Å². The van der Waals surface area contributed by atoms with E-state index in [0.29, 0.717) is 4.60 Å². The van der Waals surface area contributed by atoms with Gasteiger partial charge in [0.1, 0.15) is 4.60 Å². The van der Waals surface area contributed by atoms with Gasteiger partial charge in [-0.2, -0.15) is 0 Å². The Hall–Kier alpha value is -1.56. The van der Waals surface area contributed by atoms with Crippen molar-refractivity contribution in [2.45, 2.75) is 9.79 Å². The van der Waals surface area contributed by atoms with Crippen LogP contribution >= 0.6 is 15.9 Å². The predicted octanol–water partition coefficient (Wildman–Crippen LogP) is 0.687. The highest BCUT2D eigenvalue weighted by Crippen LogP contribution is 2.17. The lowest BCUT2D eigenvalue weighted by molar-refractivity contribution is 0.597. The SMILES string of the molecule is NS(=O)(=O)c1cccc(S(=O)(=O)Nc2cnc(Br)cn2)c1. The van der Waals surface area contributed by atoms with E-state index < -0.39 is 20.0 Å². The third-order valence-corrected chi connectivity index (χ3v) is 4.98. The van der Waals surface area contributed by atoms with Crippen LogP contribution in [0.4, 0.5) is 5.82 Å². The second-order valence-electron chi connectivity index (χ2n) is 3.85. The smallest absolute Gasteiger partial charge is 0.262 e. The third kappa shape index (κ3) is 3.97. The number of anilines is 1. The Kier molecular flexibility index (Phi) is 4.27. The lowest BCUT2D eigenvalue weighted by Crippen LogP contribution is -2.16. The summed E-state index contributed by atoms with van der Waals surface area (Å²) in [4.78, 5) is 7.09. The summed E-state index contributed by atoms with van der Waals surface area (Å²) >= 11 is 3.07. The fourth-order valence-electron chi connectivity index (χ4n) is 1.38. The van der Waals surface area contributed by atoms with Gasteiger partial charge in [0, 0.05) is 0 Å². The lowest BCUT2D eigenvalue weighted by atomic mass is 10.4. The number of nitrogens with one attached hydrogen (secondary N) is 1. The zero-order valence-corrected chi connectivity index (χ0v) is 13.5. The zero-order valence-electron chi connectivity index (χ0n) is 10.3. The monoisotopic (exact) mass is 392 g/mol. The molecule has 1 heterocycles. The molecule has 3 N–H and O–H groups in total. The summed E-state index contributed by atoms with van der Waals surface area (Å²) in [7, 11) is -7.99. The van der Waals surface area contributed by atoms with Gasteiger partial charge in [0.15, 0.2) is 5.82 Å². The Morgan fingerprint density at radius 3 is 2.29 bits per heavy atom. The van der Waals surface area contributed by atoms with Gasteiger partial charge in [0.05, 0.1) is 22.2 Å². The molecule has 1 aromatic heterocycles. The summed E-state index contributed by atoms with van der Waals surface area (Å²) < 4.78 is 49.4. The summed E-state index contributed by atoms with van der Waals surface area (Å²) in [5.41, 5.74) is 0. The highest BCUT2D eigenvalue weighted by atomic mass is 79.9. The number of rotatable bonds is 4. The van der Waals surface area contributed by atoms with Crippen LogP contribution in [0.25, 0.3) is 0 Å². The number of benzene rings is 1. The van der Waals surface area contributed by atoms with E-state index in [1.54, 1.807) is 0 Å². The van der Waals surface area contributed by atoms with Gasteiger partial charge in [0.25, 0.3) is 10.0 Å². The average Bonchev–Trinajstić information content (AvgIpc) is 2.40. The highest BCUT2D eigenvalue weighted by Gasteiger charge is 2.18. The minimum absolute atomic E-state index is 0.000733. The Morgan fingerprint density at radius 1 is 1.05 bits per heavy atom. The molecule has 0 aliphatic heterocycles. The summed E-state index contributed by atoms with van der Waals surface area (Å²) in [5.74, 6) is -0.000733. The van der Waals surface area contributed by atoms with Crippen molar-refractivity contribution in [3.63, 3.8) is 0 Å². The Bertz CT molecular complexity index is 866. The average molecular weight is 393 g/mol. The van der Waals surface area contributed by atoms with Gasteiger partial charge < -0.3 is 0 Å². The van der Waals surface area contributed by atoms with Gasteiger partial charge in [-0.05, 0) is 34.1 Å². The van der Waals surface area contributed by atoms with Crippen molar-refractivity contribution in [3.8, 4) is 0 Å². The first-order chi connectivity index (χ1) is 9.68. The van der Waals surface area contributed by atoms with Crippen LogP contribution in [0.2, 0.25) is 0 Å². The van der Waals surface area contributed by atoms with Crippen LogP contribution in [-0.2, 0) is 20.0 Å². The van der Waals surface area contributed by atoms with E-state index in [9.17, 15) is 16.8 Å². The molecule has 0 bridgehead atoms. The number of nitrogens with two attached hydrogens (primary N) is 1. The van der Waals surface area contributed by atoms with E-state index in [0.717, 1.165) is 6.07 Å². The second-order valence-corrected chi connectivity index (χ2v) is 7.91. The zero-order chi connectivity index (χ0) is 15.7. The van der Waals surface area contributed by atoms with Crippen molar-refractivity contribution < 1.29 is 16.8 Å². The molecule has 0 atom stereocenters. The number of halogens is 1. The Labute approximate surface area is 129 Å². The summed E-state index contributed by atoms with van der Waals surface area (Å²) in [6.45, 7) is 0. The van der Waals surface area contributed by atoms with Gasteiger partial charge >= 0.3 is 0 Å². The first kappa shape index (κ1) is 15.8. The number of hydrogen-bond donors (Lipinski definition) is 2. The van der Waals surface area contributed by atoms with E-state index in [1.165, 1.54) is 30.6 Å². The molecular formula is C10H9BrN4O4S2. The van der Waals surface area contributed by atoms with Crippen LogP contribution in [0.5, 0.6) is 0 Å². The third-order valence-electron chi connectivity index (χ3n) is 2.30. The van der Waals surface area contributed by atoms with E-state index in [1.807, 2.05) is 0 Å². The highest BCUT2D eigenvalue weighted by molar-refractivity contribution is 9.10. The summed E-state index contributed by atoms with van der Waals surface area (Å²) in [6.07, 6.45) is 2.53. The Balaban J connectivity index is 2.38. The molecule has 112 valence electrons. The molecule has 0 spiro atoms. The van der Waals surface area contributed by atoms with Crippen molar-refractivity contribution in [3.05, 3.63) is 41.3 Å². The predicted molar refractivity (Wildman–Crippen MR) is 78.4 cm³/mol. The van der Waals surface area contributed by atoms with E-state index >= 15 is 0 Å². The van der Waals surface area contributed by atoms with E-state index in [2.05, 4.69) is 30.6 Å². The van der Waals surface area contributed by atoms with Crippen molar-refractivity contribution >= 4 is 41.8 Å². The lowest BCUT2D eigenvalue weighted by Gasteiger charge is -2.08. The number of primary sulfonamides is 1. The van der Waals surface area contributed by atoms with Gasteiger partial charge in [-0.15, -0.1) is 0 Å². The molecule has 0 aliphatic carbocycles. The van der Waals surface area contributed by atoms with Gasteiger partial charge in [-0.3, -0.25) is 4.72 Å². The number of aromatic nitrogens is 2. The largest absolute Gasteiger partial charge is 0.263 e. The normalized spacial score (nSPS) is 12.1. The molecule has 0 fully saturated rings. The minimum atomic E-state index is -4.00. The fraction of sp³-hybridized carbons (Fsp3) is 0. The number of sulfonamides is 2.